The summed E-state index contributed by atoms with van der Waals surface area (Å²) >= 11 is 0. The minimum absolute atomic E-state index is 0.0173. The molecule has 2 rings (SSSR count). The number of benzene rings is 1. The highest BCUT2D eigenvalue weighted by Crippen LogP contribution is 2.16. The van der Waals surface area contributed by atoms with Crippen molar-refractivity contribution in [1.29, 1.82) is 0 Å². The van der Waals surface area contributed by atoms with Crippen LogP contribution < -0.4 is 10.9 Å². The molecule has 3 nitrogen and oxygen atoms in total. The molecule has 0 aliphatic rings. The number of fused-ring (bicyclic) bond motifs is 1. The van der Waals surface area contributed by atoms with Gasteiger partial charge in [0.25, 0.3) is 5.56 Å². The monoisotopic (exact) mass is 216 g/mol. The van der Waals surface area contributed by atoms with Crippen LogP contribution in [0.5, 0.6) is 0 Å². The molecule has 0 spiro atoms. The fourth-order valence-electron chi connectivity index (χ4n) is 1.82. The molecule has 0 unspecified atom stereocenters. The van der Waals surface area contributed by atoms with E-state index in [9.17, 15) is 4.79 Å². The quantitative estimate of drug-likeness (QED) is 0.828. The Morgan fingerprint density at radius 2 is 2.06 bits per heavy atom. The number of rotatable bonds is 3. The van der Waals surface area contributed by atoms with Gasteiger partial charge >= 0.3 is 0 Å². The van der Waals surface area contributed by atoms with Crippen LogP contribution in [0, 0.1) is 0 Å². The minimum atomic E-state index is 0.0173. The summed E-state index contributed by atoms with van der Waals surface area (Å²) in [5.41, 5.74) is 2.78. The van der Waals surface area contributed by atoms with Crippen LogP contribution in [0.25, 0.3) is 10.9 Å². The van der Waals surface area contributed by atoms with Gasteiger partial charge in [-0.25, -0.2) is 0 Å². The van der Waals surface area contributed by atoms with Gasteiger partial charge in [-0.15, -0.1) is 0 Å². The maximum Gasteiger partial charge on any atom is 0.251 e. The molecular formula is C13H16N2O. The van der Waals surface area contributed by atoms with Crippen LogP contribution in [0.1, 0.15) is 19.4 Å². The Morgan fingerprint density at radius 3 is 2.75 bits per heavy atom. The third-order valence-corrected chi connectivity index (χ3v) is 2.68. The number of hydrogen-bond acceptors (Lipinski definition) is 2. The summed E-state index contributed by atoms with van der Waals surface area (Å²) in [6, 6.07) is 8.00. The highest BCUT2D eigenvalue weighted by Gasteiger charge is 2.01. The van der Waals surface area contributed by atoms with Crippen molar-refractivity contribution in [1.82, 2.24) is 4.98 Å². The van der Waals surface area contributed by atoms with Crippen LogP contribution in [0.4, 0.5) is 5.69 Å². The van der Waals surface area contributed by atoms with Gasteiger partial charge in [0.1, 0.15) is 0 Å². The van der Waals surface area contributed by atoms with Crippen LogP contribution in [-0.2, 0) is 6.42 Å². The Morgan fingerprint density at radius 1 is 1.25 bits per heavy atom. The Bertz CT molecular complexity index is 557. The van der Waals surface area contributed by atoms with Crippen molar-refractivity contribution in [2.75, 3.05) is 11.9 Å². The zero-order valence-corrected chi connectivity index (χ0v) is 9.63. The second kappa shape index (κ2) is 4.39. The van der Waals surface area contributed by atoms with Crippen molar-refractivity contribution in [2.45, 2.75) is 20.3 Å². The molecule has 0 aliphatic carbocycles. The second-order valence-electron chi connectivity index (χ2n) is 3.81. The number of aromatic amines is 1. The first-order chi connectivity index (χ1) is 7.74. The van der Waals surface area contributed by atoms with E-state index in [2.05, 4.69) is 10.3 Å². The van der Waals surface area contributed by atoms with Crippen molar-refractivity contribution in [3.8, 4) is 0 Å². The van der Waals surface area contributed by atoms with E-state index < -0.39 is 0 Å². The van der Waals surface area contributed by atoms with E-state index in [4.69, 9.17) is 0 Å². The van der Waals surface area contributed by atoms with Gasteiger partial charge in [-0.2, -0.15) is 0 Å². The maximum absolute atomic E-state index is 11.7. The van der Waals surface area contributed by atoms with E-state index >= 15 is 0 Å². The van der Waals surface area contributed by atoms with Gasteiger partial charge in [-0.1, -0.05) is 13.0 Å². The smallest absolute Gasteiger partial charge is 0.251 e. The largest absolute Gasteiger partial charge is 0.385 e. The lowest BCUT2D eigenvalue weighted by Gasteiger charge is -2.05. The average molecular weight is 216 g/mol. The lowest BCUT2D eigenvalue weighted by atomic mass is 10.1. The van der Waals surface area contributed by atoms with Gasteiger partial charge < -0.3 is 10.3 Å². The van der Waals surface area contributed by atoms with Gasteiger partial charge in [0.15, 0.2) is 0 Å². The summed E-state index contributed by atoms with van der Waals surface area (Å²) in [5, 5.41) is 4.31. The van der Waals surface area contributed by atoms with E-state index in [1.165, 1.54) is 0 Å². The first kappa shape index (κ1) is 10.7. The predicted molar refractivity (Wildman–Crippen MR) is 68.1 cm³/mol. The lowest BCUT2D eigenvalue weighted by molar-refractivity contribution is 1.08. The predicted octanol–water partition coefficient (Wildman–Crippen LogP) is 2.52. The zero-order chi connectivity index (χ0) is 11.5. The van der Waals surface area contributed by atoms with Gasteiger partial charge in [0, 0.05) is 17.8 Å². The highest BCUT2D eigenvalue weighted by atomic mass is 16.1. The first-order valence-corrected chi connectivity index (χ1v) is 5.64. The molecule has 1 heterocycles. The molecule has 3 heteroatoms. The van der Waals surface area contributed by atoms with Crippen molar-refractivity contribution < 1.29 is 0 Å². The lowest BCUT2D eigenvalue weighted by Crippen LogP contribution is -2.11. The van der Waals surface area contributed by atoms with Crippen LogP contribution >= 0.6 is 0 Å². The molecule has 0 atom stereocenters. The number of H-pyrrole nitrogens is 1. The Balaban J connectivity index is 2.58. The summed E-state index contributed by atoms with van der Waals surface area (Å²) < 4.78 is 0. The van der Waals surface area contributed by atoms with Crippen molar-refractivity contribution in [3.05, 3.63) is 40.2 Å². The summed E-state index contributed by atoms with van der Waals surface area (Å²) in [6.45, 7) is 4.92. The highest BCUT2D eigenvalue weighted by molar-refractivity contribution is 5.82. The Kier molecular flexibility index (Phi) is 2.95. The number of aromatic nitrogens is 1. The van der Waals surface area contributed by atoms with Gasteiger partial charge in [0.05, 0.1) is 5.52 Å². The van der Waals surface area contributed by atoms with Crippen LogP contribution in [0.15, 0.2) is 29.1 Å². The van der Waals surface area contributed by atoms with Gasteiger partial charge in [-0.3, -0.25) is 4.79 Å². The minimum Gasteiger partial charge on any atom is -0.385 e. The van der Waals surface area contributed by atoms with E-state index in [0.717, 1.165) is 35.1 Å². The second-order valence-corrected chi connectivity index (χ2v) is 3.81. The van der Waals surface area contributed by atoms with Crippen molar-refractivity contribution in [2.24, 2.45) is 0 Å². The molecule has 16 heavy (non-hydrogen) atoms. The summed E-state index contributed by atoms with van der Waals surface area (Å²) in [5.74, 6) is 0. The molecule has 0 saturated carbocycles. The molecule has 84 valence electrons. The normalized spacial score (nSPS) is 10.6. The van der Waals surface area contributed by atoms with E-state index in [-0.39, 0.29) is 5.56 Å². The summed E-state index contributed by atoms with van der Waals surface area (Å²) in [7, 11) is 0. The molecule has 1 aromatic heterocycles. The molecule has 2 aromatic rings. The first-order valence-electron chi connectivity index (χ1n) is 5.64. The molecule has 0 radical (unpaired) electrons. The standard InChI is InChI=1S/C13H16N2O/c1-3-9-7-10-5-6-11(14-4-2)8-12(10)15-13(9)16/h5-8,14H,3-4H2,1-2H3,(H,15,16). The third kappa shape index (κ3) is 1.94. The molecule has 1 aromatic carbocycles. The summed E-state index contributed by atoms with van der Waals surface area (Å²) in [6.07, 6.45) is 0.764. The number of hydrogen-bond donors (Lipinski definition) is 2. The summed E-state index contributed by atoms with van der Waals surface area (Å²) in [4.78, 5) is 14.6. The number of aryl methyl sites for hydroxylation is 1. The number of nitrogens with one attached hydrogen (secondary N) is 2. The van der Waals surface area contributed by atoms with Gasteiger partial charge in [-0.05, 0) is 36.9 Å². The van der Waals surface area contributed by atoms with E-state index in [1.807, 2.05) is 38.1 Å². The van der Waals surface area contributed by atoms with Crippen molar-refractivity contribution >= 4 is 16.6 Å². The third-order valence-electron chi connectivity index (χ3n) is 2.68. The molecule has 0 bridgehead atoms. The molecule has 0 aliphatic heterocycles. The van der Waals surface area contributed by atoms with Gasteiger partial charge in [0.2, 0.25) is 0 Å². The fraction of sp³-hybridized carbons (Fsp3) is 0.308. The molecular weight excluding hydrogens is 200 g/mol. The van der Waals surface area contributed by atoms with E-state index in [0.29, 0.717) is 0 Å². The average Bonchev–Trinajstić information content (AvgIpc) is 2.28. The number of anilines is 1. The topological polar surface area (TPSA) is 44.9 Å². The van der Waals surface area contributed by atoms with E-state index in [1.54, 1.807) is 0 Å². The fourth-order valence-corrected chi connectivity index (χ4v) is 1.82. The molecule has 0 saturated heterocycles. The van der Waals surface area contributed by atoms with Crippen LogP contribution in [0.2, 0.25) is 0 Å². The van der Waals surface area contributed by atoms with Crippen LogP contribution in [-0.4, -0.2) is 11.5 Å². The maximum atomic E-state index is 11.7. The van der Waals surface area contributed by atoms with Crippen molar-refractivity contribution in [3.63, 3.8) is 0 Å². The molecule has 0 fully saturated rings. The Labute approximate surface area is 94.5 Å². The van der Waals surface area contributed by atoms with Crippen LogP contribution in [0.3, 0.4) is 0 Å². The zero-order valence-electron chi connectivity index (χ0n) is 9.63. The molecule has 0 amide bonds. The SMILES string of the molecule is CCNc1ccc2cc(CC)c(=O)[nH]c2c1. The number of pyridine rings is 1. The Hall–Kier alpha value is -1.77. The molecule has 2 N–H and O–H groups in total.